The maximum Gasteiger partial charge on any atom is 0.306 e. The van der Waals surface area contributed by atoms with Gasteiger partial charge in [-0.15, -0.1) is 0 Å². The summed E-state index contributed by atoms with van der Waals surface area (Å²) in [6.45, 7) is 2.58. The van der Waals surface area contributed by atoms with Crippen LogP contribution in [0.4, 0.5) is 0 Å². The fraction of sp³-hybridized carbons (Fsp3) is 0.909. The number of unbranched alkanes of at least 4 members (excludes halogenated alkanes) is 3. The van der Waals surface area contributed by atoms with Crippen molar-refractivity contribution in [3.05, 3.63) is 0 Å². The summed E-state index contributed by atoms with van der Waals surface area (Å²) in [6, 6.07) is 0. The topological polar surface area (TPSA) is 46.5 Å². The van der Waals surface area contributed by atoms with Gasteiger partial charge in [0.25, 0.3) is 0 Å². The predicted molar refractivity (Wildman–Crippen MR) is 58.5 cm³/mol. The van der Waals surface area contributed by atoms with Crippen molar-refractivity contribution in [1.82, 2.24) is 0 Å². The van der Waals surface area contributed by atoms with E-state index in [9.17, 15) is 4.79 Å². The molecule has 3 nitrogen and oxygen atoms in total. The van der Waals surface area contributed by atoms with Crippen molar-refractivity contribution in [2.45, 2.75) is 46.5 Å². The van der Waals surface area contributed by atoms with Gasteiger partial charge >= 0.3 is 5.97 Å². The van der Waals surface area contributed by atoms with Crippen LogP contribution in [0.5, 0.6) is 0 Å². The monoisotopic (exact) mass is 204 g/mol. The van der Waals surface area contributed by atoms with E-state index >= 15 is 0 Å². The van der Waals surface area contributed by atoms with Gasteiger partial charge in [0.1, 0.15) is 0 Å². The minimum Gasteiger partial charge on any atom is -0.481 e. The SMILES string of the molecule is C.COCCCCCCC(C)C(=O)O. The molecule has 0 aliphatic heterocycles. The van der Waals surface area contributed by atoms with E-state index in [0.29, 0.717) is 0 Å². The molecule has 0 aromatic carbocycles. The average Bonchev–Trinajstić information content (AvgIpc) is 2.10. The lowest BCUT2D eigenvalue weighted by molar-refractivity contribution is -0.141. The summed E-state index contributed by atoms with van der Waals surface area (Å²) in [5, 5.41) is 8.60. The summed E-state index contributed by atoms with van der Waals surface area (Å²) in [5.41, 5.74) is 0. The second-order valence-electron chi connectivity index (χ2n) is 3.43. The number of carboxylic acids is 1. The van der Waals surface area contributed by atoms with Crippen LogP contribution < -0.4 is 0 Å². The Morgan fingerprint density at radius 2 is 1.86 bits per heavy atom. The highest BCUT2D eigenvalue weighted by Gasteiger charge is 2.09. The van der Waals surface area contributed by atoms with Crippen LogP contribution in [0, 0.1) is 5.92 Å². The average molecular weight is 204 g/mol. The molecule has 0 amide bonds. The van der Waals surface area contributed by atoms with Gasteiger partial charge in [0.15, 0.2) is 0 Å². The standard InChI is InChI=1S/C10H20O3.CH4/c1-9(10(11)12)7-5-3-4-6-8-13-2;/h9H,3-8H2,1-2H3,(H,11,12);1H4. The maximum absolute atomic E-state index is 10.4. The molecule has 0 bridgehead atoms. The number of hydrogen-bond acceptors (Lipinski definition) is 2. The summed E-state index contributed by atoms with van der Waals surface area (Å²) >= 11 is 0. The summed E-state index contributed by atoms with van der Waals surface area (Å²) in [6.07, 6.45) is 5.14. The third kappa shape index (κ3) is 9.52. The molecule has 0 saturated heterocycles. The molecule has 86 valence electrons. The van der Waals surface area contributed by atoms with E-state index in [1.54, 1.807) is 14.0 Å². The fourth-order valence-electron chi connectivity index (χ4n) is 1.17. The van der Waals surface area contributed by atoms with Crippen LogP contribution in [0.15, 0.2) is 0 Å². The smallest absolute Gasteiger partial charge is 0.306 e. The van der Waals surface area contributed by atoms with Crippen molar-refractivity contribution in [2.75, 3.05) is 13.7 Å². The van der Waals surface area contributed by atoms with Gasteiger partial charge < -0.3 is 9.84 Å². The molecule has 0 fully saturated rings. The lowest BCUT2D eigenvalue weighted by Gasteiger charge is -2.05. The van der Waals surface area contributed by atoms with E-state index in [1.807, 2.05) is 0 Å². The Morgan fingerprint density at radius 3 is 2.36 bits per heavy atom. The van der Waals surface area contributed by atoms with Crippen LogP contribution in [0.3, 0.4) is 0 Å². The van der Waals surface area contributed by atoms with Gasteiger partial charge in [-0.05, 0) is 12.8 Å². The van der Waals surface area contributed by atoms with Crippen LogP contribution in [0.1, 0.15) is 46.5 Å². The van der Waals surface area contributed by atoms with Crippen molar-refractivity contribution in [3.8, 4) is 0 Å². The second-order valence-corrected chi connectivity index (χ2v) is 3.43. The second kappa shape index (κ2) is 10.5. The highest BCUT2D eigenvalue weighted by atomic mass is 16.5. The van der Waals surface area contributed by atoms with Crippen LogP contribution in [0.25, 0.3) is 0 Å². The van der Waals surface area contributed by atoms with Gasteiger partial charge in [-0.2, -0.15) is 0 Å². The highest BCUT2D eigenvalue weighted by Crippen LogP contribution is 2.10. The molecule has 0 aromatic rings. The first-order valence-electron chi connectivity index (χ1n) is 4.90. The van der Waals surface area contributed by atoms with E-state index in [-0.39, 0.29) is 13.3 Å². The zero-order valence-corrected chi connectivity index (χ0v) is 8.58. The number of rotatable bonds is 8. The molecule has 3 heteroatoms. The third-order valence-electron chi connectivity index (χ3n) is 2.16. The predicted octanol–water partition coefficient (Wildman–Crippen LogP) is 2.94. The molecule has 0 radical (unpaired) electrons. The zero-order valence-electron chi connectivity index (χ0n) is 8.58. The normalized spacial score (nSPS) is 11.9. The number of methoxy groups -OCH3 is 1. The van der Waals surface area contributed by atoms with Gasteiger partial charge in [-0.1, -0.05) is 33.6 Å². The van der Waals surface area contributed by atoms with Crippen molar-refractivity contribution in [3.63, 3.8) is 0 Å². The van der Waals surface area contributed by atoms with E-state index in [0.717, 1.165) is 38.7 Å². The Labute approximate surface area is 87.5 Å². The van der Waals surface area contributed by atoms with Gasteiger partial charge in [-0.25, -0.2) is 0 Å². The van der Waals surface area contributed by atoms with Crippen molar-refractivity contribution in [1.29, 1.82) is 0 Å². The first-order valence-corrected chi connectivity index (χ1v) is 4.90. The molecule has 0 aromatic heterocycles. The number of aliphatic carboxylic acids is 1. The molecule has 1 N–H and O–H groups in total. The van der Waals surface area contributed by atoms with Crippen LogP contribution in [0.2, 0.25) is 0 Å². The van der Waals surface area contributed by atoms with Crippen LogP contribution in [-0.2, 0) is 9.53 Å². The minimum atomic E-state index is -0.683. The van der Waals surface area contributed by atoms with E-state index in [1.165, 1.54) is 0 Å². The van der Waals surface area contributed by atoms with Gasteiger partial charge in [-0.3, -0.25) is 4.79 Å². The molecule has 1 unspecified atom stereocenters. The Hall–Kier alpha value is -0.570. The summed E-state index contributed by atoms with van der Waals surface area (Å²) < 4.78 is 4.91. The molecule has 0 heterocycles. The first kappa shape index (κ1) is 15.9. The molecular formula is C11H24O3. The van der Waals surface area contributed by atoms with Crippen LogP contribution >= 0.6 is 0 Å². The lowest BCUT2D eigenvalue weighted by Crippen LogP contribution is -2.08. The molecular weight excluding hydrogens is 180 g/mol. The molecule has 14 heavy (non-hydrogen) atoms. The number of ether oxygens (including phenoxy) is 1. The number of carboxylic acid groups (broad SMARTS) is 1. The lowest BCUT2D eigenvalue weighted by atomic mass is 10.0. The van der Waals surface area contributed by atoms with Gasteiger partial charge in [0.2, 0.25) is 0 Å². The largest absolute Gasteiger partial charge is 0.481 e. The van der Waals surface area contributed by atoms with Gasteiger partial charge in [0, 0.05) is 13.7 Å². The van der Waals surface area contributed by atoms with Crippen LogP contribution in [-0.4, -0.2) is 24.8 Å². The maximum atomic E-state index is 10.4. The quantitative estimate of drug-likeness (QED) is 0.618. The summed E-state index contributed by atoms with van der Waals surface area (Å²) in [5.74, 6) is -0.876. The number of carbonyl (C=O) groups is 1. The van der Waals surface area contributed by atoms with Crippen molar-refractivity contribution in [2.24, 2.45) is 5.92 Å². The molecule has 0 saturated carbocycles. The van der Waals surface area contributed by atoms with E-state index < -0.39 is 5.97 Å². The Balaban J connectivity index is 0. The Kier molecular flexibility index (Phi) is 11.9. The molecule has 1 atom stereocenters. The Bertz CT molecular complexity index is 134. The summed E-state index contributed by atoms with van der Waals surface area (Å²) in [7, 11) is 1.70. The third-order valence-corrected chi connectivity index (χ3v) is 2.16. The molecule has 0 rings (SSSR count). The minimum absolute atomic E-state index is 0. The Morgan fingerprint density at radius 1 is 1.29 bits per heavy atom. The fourth-order valence-corrected chi connectivity index (χ4v) is 1.17. The molecule has 0 aliphatic rings. The van der Waals surface area contributed by atoms with E-state index in [4.69, 9.17) is 9.84 Å². The van der Waals surface area contributed by atoms with E-state index in [2.05, 4.69) is 0 Å². The van der Waals surface area contributed by atoms with Gasteiger partial charge in [0.05, 0.1) is 5.92 Å². The molecule has 0 spiro atoms. The van der Waals surface area contributed by atoms with Crippen molar-refractivity contribution < 1.29 is 14.6 Å². The zero-order chi connectivity index (χ0) is 10.1. The highest BCUT2D eigenvalue weighted by molar-refractivity contribution is 5.69. The summed E-state index contributed by atoms with van der Waals surface area (Å²) in [4.78, 5) is 10.4. The van der Waals surface area contributed by atoms with Crippen molar-refractivity contribution >= 4 is 5.97 Å². The number of hydrogen-bond donors (Lipinski definition) is 1. The first-order chi connectivity index (χ1) is 6.18. The molecule has 0 aliphatic carbocycles.